The normalized spacial score (nSPS) is 11.3. The Kier molecular flexibility index (Phi) is 1.57. The van der Waals surface area contributed by atoms with Gasteiger partial charge in [-0.05, 0) is 11.5 Å². The second-order valence-electron chi connectivity index (χ2n) is 3.45. The van der Waals surface area contributed by atoms with Crippen molar-refractivity contribution in [2.75, 3.05) is 0 Å². The molecule has 0 N–H and O–H groups in total. The monoisotopic (exact) mass is 203 g/mol. The number of pyridine rings is 1. The molecule has 2 heterocycles. The summed E-state index contributed by atoms with van der Waals surface area (Å²) in [5.41, 5.74) is 0.297. The summed E-state index contributed by atoms with van der Waals surface area (Å²) in [4.78, 5) is 0. The van der Waals surface area contributed by atoms with Crippen LogP contribution >= 0.6 is 0 Å². The summed E-state index contributed by atoms with van der Waals surface area (Å²) in [5.74, 6) is -1.60. The van der Waals surface area contributed by atoms with Gasteiger partial charge >= 0.3 is 0 Å². The van der Waals surface area contributed by atoms with Crippen LogP contribution in [-0.4, -0.2) is 4.40 Å². The molecule has 74 valence electrons. The fourth-order valence-corrected chi connectivity index (χ4v) is 1.86. The van der Waals surface area contributed by atoms with Crippen LogP contribution in [0.3, 0.4) is 0 Å². The molecular formula is C12H7F2N. The Bertz CT molecular complexity index is 655. The number of benzene rings is 1. The van der Waals surface area contributed by atoms with Gasteiger partial charge in [0.2, 0.25) is 0 Å². The predicted octanol–water partition coefficient (Wildman–Crippen LogP) is 3.37. The van der Waals surface area contributed by atoms with Crippen LogP contribution in [0.4, 0.5) is 8.78 Å². The predicted molar refractivity (Wildman–Crippen MR) is 54.8 cm³/mol. The van der Waals surface area contributed by atoms with Crippen LogP contribution in [0.25, 0.3) is 16.3 Å². The van der Waals surface area contributed by atoms with E-state index in [4.69, 9.17) is 0 Å². The average Bonchev–Trinajstić information content (AvgIpc) is 2.55. The van der Waals surface area contributed by atoms with E-state index in [-0.39, 0.29) is 0 Å². The zero-order valence-corrected chi connectivity index (χ0v) is 7.74. The average molecular weight is 203 g/mol. The van der Waals surface area contributed by atoms with Gasteiger partial charge in [0.1, 0.15) is 0 Å². The molecule has 0 saturated heterocycles. The maximum Gasteiger partial charge on any atom is 0.184 e. The van der Waals surface area contributed by atoms with Crippen molar-refractivity contribution in [3.8, 4) is 0 Å². The van der Waals surface area contributed by atoms with Crippen molar-refractivity contribution in [2.45, 2.75) is 0 Å². The van der Waals surface area contributed by atoms with Gasteiger partial charge in [0, 0.05) is 17.8 Å². The number of aromatic nitrogens is 1. The summed E-state index contributed by atoms with van der Waals surface area (Å²) < 4.78 is 28.0. The lowest BCUT2D eigenvalue weighted by atomic mass is 10.1. The first-order chi connectivity index (χ1) is 7.27. The highest BCUT2D eigenvalue weighted by atomic mass is 19.2. The van der Waals surface area contributed by atoms with Crippen molar-refractivity contribution in [3.63, 3.8) is 0 Å². The van der Waals surface area contributed by atoms with E-state index in [0.717, 1.165) is 17.0 Å². The fraction of sp³-hybridized carbons (Fsp3) is 0. The summed E-state index contributed by atoms with van der Waals surface area (Å²) in [6.45, 7) is 0. The van der Waals surface area contributed by atoms with E-state index in [9.17, 15) is 8.78 Å². The van der Waals surface area contributed by atoms with Crippen molar-refractivity contribution in [1.29, 1.82) is 0 Å². The minimum atomic E-state index is -0.814. The number of hydrogen-bond acceptors (Lipinski definition) is 0. The van der Waals surface area contributed by atoms with Crippen molar-refractivity contribution in [2.24, 2.45) is 0 Å². The molecule has 3 heteroatoms. The van der Waals surface area contributed by atoms with Crippen LogP contribution in [0.15, 0.2) is 42.7 Å². The Hall–Kier alpha value is -1.90. The summed E-state index contributed by atoms with van der Waals surface area (Å²) in [6.07, 6.45) is 2.81. The summed E-state index contributed by atoms with van der Waals surface area (Å²) in [7, 11) is 0. The molecule has 0 saturated carbocycles. The van der Waals surface area contributed by atoms with E-state index < -0.39 is 11.6 Å². The molecule has 0 aliphatic heterocycles. The third-order valence-electron chi connectivity index (χ3n) is 2.56. The van der Waals surface area contributed by atoms with Crippen LogP contribution in [-0.2, 0) is 0 Å². The molecule has 3 rings (SSSR count). The molecule has 2 aromatic heterocycles. The van der Waals surface area contributed by atoms with Gasteiger partial charge in [0.15, 0.2) is 11.6 Å². The van der Waals surface area contributed by atoms with Gasteiger partial charge in [0.05, 0.1) is 5.52 Å². The minimum absolute atomic E-state index is 0.297. The molecule has 15 heavy (non-hydrogen) atoms. The number of nitrogens with zero attached hydrogens (tertiary/aromatic N) is 1. The summed E-state index contributed by atoms with van der Waals surface area (Å²) in [6, 6.07) is 9.18. The van der Waals surface area contributed by atoms with E-state index in [0.29, 0.717) is 5.52 Å². The number of fused-ring (bicyclic) bond motifs is 3. The lowest BCUT2D eigenvalue weighted by Crippen LogP contribution is -1.84. The first kappa shape index (κ1) is 8.41. The molecule has 0 radical (unpaired) electrons. The van der Waals surface area contributed by atoms with E-state index in [1.165, 1.54) is 4.40 Å². The van der Waals surface area contributed by atoms with Gasteiger partial charge in [-0.25, -0.2) is 8.78 Å². The SMILES string of the molecule is Fc1cn2ccc3ccccc3c2c1F. The van der Waals surface area contributed by atoms with E-state index in [1.807, 2.05) is 24.3 Å². The summed E-state index contributed by atoms with van der Waals surface area (Å²) >= 11 is 0. The van der Waals surface area contributed by atoms with Crippen molar-refractivity contribution in [3.05, 3.63) is 54.4 Å². The van der Waals surface area contributed by atoms with E-state index in [1.54, 1.807) is 12.3 Å². The Morgan fingerprint density at radius 3 is 2.67 bits per heavy atom. The lowest BCUT2D eigenvalue weighted by Gasteiger charge is -2.00. The molecule has 1 nitrogen and oxygen atoms in total. The number of rotatable bonds is 0. The van der Waals surface area contributed by atoms with Gasteiger partial charge in [0.25, 0.3) is 0 Å². The quantitative estimate of drug-likeness (QED) is 0.527. The van der Waals surface area contributed by atoms with Gasteiger partial charge in [-0.1, -0.05) is 24.3 Å². The molecule has 0 spiro atoms. The Morgan fingerprint density at radius 2 is 1.80 bits per heavy atom. The Balaban J connectivity index is 2.63. The number of halogens is 2. The molecule has 0 amide bonds. The fourth-order valence-electron chi connectivity index (χ4n) is 1.86. The zero-order valence-electron chi connectivity index (χ0n) is 7.74. The highest BCUT2D eigenvalue weighted by molar-refractivity contribution is 5.96. The lowest BCUT2D eigenvalue weighted by molar-refractivity contribution is 0.522. The first-order valence-corrected chi connectivity index (χ1v) is 4.61. The second kappa shape index (κ2) is 2.79. The highest BCUT2D eigenvalue weighted by Gasteiger charge is 2.12. The van der Waals surface area contributed by atoms with E-state index >= 15 is 0 Å². The van der Waals surface area contributed by atoms with Gasteiger partial charge < -0.3 is 4.40 Å². The van der Waals surface area contributed by atoms with Crippen molar-refractivity contribution < 1.29 is 8.78 Å². The van der Waals surface area contributed by atoms with Gasteiger partial charge in [-0.2, -0.15) is 0 Å². The third kappa shape index (κ3) is 1.06. The van der Waals surface area contributed by atoms with Crippen LogP contribution in [0.5, 0.6) is 0 Å². The van der Waals surface area contributed by atoms with E-state index in [2.05, 4.69) is 0 Å². The molecule has 0 atom stereocenters. The molecular weight excluding hydrogens is 196 g/mol. The maximum absolute atomic E-state index is 13.5. The first-order valence-electron chi connectivity index (χ1n) is 4.61. The molecule has 0 bridgehead atoms. The maximum atomic E-state index is 13.5. The van der Waals surface area contributed by atoms with Crippen LogP contribution in [0.1, 0.15) is 0 Å². The van der Waals surface area contributed by atoms with Crippen molar-refractivity contribution in [1.82, 2.24) is 4.40 Å². The Morgan fingerprint density at radius 1 is 1.00 bits per heavy atom. The third-order valence-corrected chi connectivity index (χ3v) is 2.56. The largest absolute Gasteiger partial charge is 0.318 e. The second-order valence-corrected chi connectivity index (χ2v) is 3.45. The Labute approximate surface area is 84.6 Å². The minimum Gasteiger partial charge on any atom is -0.318 e. The zero-order chi connectivity index (χ0) is 10.4. The van der Waals surface area contributed by atoms with Crippen molar-refractivity contribution >= 4 is 16.3 Å². The topological polar surface area (TPSA) is 4.41 Å². The molecule has 1 aromatic carbocycles. The van der Waals surface area contributed by atoms with Crippen LogP contribution < -0.4 is 0 Å². The molecule has 3 aromatic rings. The van der Waals surface area contributed by atoms with Gasteiger partial charge in [-0.15, -0.1) is 0 Å². The van der Waals surface area contributed by atoms with Crippen LogP contribution in [0.2, 0.25) is 0 Å². The summed E-state index contributed by atoms with van der Waals surface area (Å²) in [5, 5.41) is 1.63. The standard InChI is InChI=1S/C12H7F2N/c13-10-7-15-6-5-8-3-1-2-4-9(8)12(15)11(10)14/h1-7H. The molecule has 0 fully saturated rings. The number of hydrogen-bond donors (Lipinski definition) is 0. The highest BCUT2D eigenvalue weighted by Crippen LogP contribution is 2.24. The smallest absolute Gasteiger partial charge is 0.184 e. The molecule has 0 aliphatic carbocycles. The molecule has 0 unspecified atom stereocenters. The van der Waals surface area contributed by atoms with Gasteiger partial charge in [-0.3, -0.25) is 0 Å². The molecule has 0 aliphatic rings. The van der Waals surface area contributed by atoms with Crippen LogP contribution in [0, 0.1) is 11.6 Å².